The second-order valence-corrected chi connectivity index (χ2v) is 4.01. The van der Waals surface area contributed by atoms with Crippen LogP contribution in [0.3, 0.4) is 0 Å². The van der Waals surface area contributed by atoms with Crippen molar-refractivity contribution < 1.29 is 9.53 Å². The van der Waals surface area contributed by atoms with Crippen molar-refractivity contribution in [2.45, 2.75) is 0 Å². The van der Waals surface area contributed by atoms with E-state index < -0.39 is 0 Å². The van der Waals surface area contributed by atoms with Gasteiger partial charge in [0, 0.05) is 0 Å². The summed E-state index contributed by atoms with van der Waals surface area (Å²) in [4.78, 5) is 13.2. The number of rotatable bonds is 2. The van der Waals surface area contributed by atoms with E-state index in [4.69, 9.17) is 5.26 Å². The first kappa shape index (κ1) is 9.78. The van der Waals surface area contributed by atoms with E-state index in [-0.39, 0.29) is 20.9 Å². The number of methoxy groups -OCH3 is 1. The van der Waals surface area contributed by atoms with E-state index in [0.29, 0.717) is 5.56 Å². The second kappa shape index (κ2) is 4.66. The summed E-state index contributed by atoms with van der Waals surface area (Å²) in [6.07, 6.45) is 0. The average molecular weight is 240 g/mol. The molecule has 1 aromatic carbocycles. The van der Waals surface area contributed by atoms with Crippen molar-refractivity contribution in [1.29, 1.82) is 5.26 Å². The van der Waals surface area contributed by atoms with Crippen molar-refractivity contribution in [1.82, 2.24) is 0 Å². The SMILES string of the molecule is COC(=O)c1cccc([Se]C#N)c1. The Labute approximate surface area is 82.5 Å². The van der Waals surface area contributed by atoms with Crippen LogP contribution in [0.15, 0.2) is 24.3 Å². The zero-order valence-corrected chi connectivity index (χ0v) is 8.69. The number of hydrogen-bond donors (Lipinski definition) is 0. The Morgan fingerprint density at radius 3 is 3.00 bits per heavy atom. The van der Waals surface area contributed by atoms with E-state index in [1.165, 1.54) is 7.11 Å². The summed E-state index contributed by atoms with van der Waals surface area (Å²) in [5, 5.41) is 8.47. The third kappa shape index (κ3) is 2.58. The van der Waals surface area contributed by atoms with E-state index in [2.05, 4.69) is 9.70 Å². The van der Waals surface area contributed by atoms with Gasteiger partial charge in [-0.3, -0.25) is 0 Å². The average Bonchev–Trinajstić information content (AvgIpc) is 2.18. The van der Waals surface area contributed by atoms with Gasteiger partial charge in [-0.15, -0.1) is 0 Å². The molecule has 3 nitrogen and oxygen atoms in total. The van der Waals surface area contributed by atoms with E-state index >= 15 is 0 Å². The molecule has 0 aromatic heterocycles. The van der Waals surface area contributed by atoms with Crippen molar-refractivity contribution in [2.75, 3.05) is 7.11 Å². The quantitative estimate of drug-likeness (QED) is 0.551. The number of carbonyl (C=O) groups excluding carboxylic acids is 1. The molecule has 0 saturated heterocycles. The maximum absolute atomic E-state index is 11.1. The van der Waals surface area contributed by atoms with E-state index in [0.717, 1.165) is 4.46 Å². The van der Waals surface area contributed by atoms with Gasteiger partial charge in [-0.05, 0) is 0 Å². The van der Waals surface area contributed by atoms with Gasteiger partial charge >= 0.3 is 82.1 Å². The summed E-state index contributed by atoms with van der Waals surface area (Å²) in [7, 11) is 1.34. The Kier molecular flexibility index (Phi) is 3.51. The molecular weight excluding hydrogens is 233 g/mol. The van der Waals surface area contributed by atoms with E-state index in [1.807, 2.05) is 6.07 Å². The van der Waals surface area contributed by atoms with Crippen LogP contribution in [-0.2, 0) is 4.74 Å². The molecule has 0 aliphatic rings. The molecule has 0 N–H and O–H groups in total. The predicted molar refractivity (Wildman–Crippen MR) is 48.8 cm³/mol. The molecule has 0 fully saturated rings. The zero-order chi connectivity index (χ0) is 9.68. The van der Waals surface area contributed by atoms with Gasteiger partial charge in [-0.2, -0.15) is 0 Å². The van der Waals surface area contributed by atoms with Gasteiger partial charge in [0.25, 0.3) is 0 Å². The Hall–Kier alpha value is -1.30. The molecular formula is C9H7NO2Se. The van der Waals surface area contributed by atoms with Crippen LogP contribution in [0.25, 0.3) is 0 Å². The van der Waals surface area contributed by atoms with Crippen LogP contribution in [0.1, 0.15) is 10.4 Å². The number of ether oxygens (including phenoxy) is 1. The van der Waals surface area contributed by atoms with Crippen LogP contribution in [-0.4, -0.2) is 28.0 Å². The summed E-state index contributed by atoms with van der Waals surface area (Å²) in [6, 6.07) is 6.94. The summed E-state index contributed by atoms with van der Waals surface area (Å²) in [6.45, 7) is 0. The van der Waals surface area contributed by atoms with Crippen molar-refractivity contribution in [3.8, 4) is 4.97 Å². The molecule has 0 aliphatic heterocycles. The molecule has 0 spiro atoms. The maximum atomic E-state index is 11.1. The molecule has 0 radical (unpaired) electrons. The number of esters is 1. The minimum atomic E-state index is -0.365. The van der Waals surface area contributed by atoms with E-state index in [1.54, 1.807) is 18.2 Å². The van der Waals surface area contributed by atoms with Gasteiger partial charge < -0.3 is 0 Å². The molecule has 1 rings (SSSR count). The fraction of sp³-hybridized carbons (Fsp3) is 0.111. The van der Waals surface area contributed by atoms with Crippen LogP contribution in [0.2, 0.25) is 0 Å². The van der Waals surface area contributed by atoms with Gasteiger partial charge in [0.2, 0.25) is 0 Å². The normalized spacial score (nSPS) is 8.92. The Balaban J connectivity index is 2.93. The molecule has 1 aromatic rings. The minimum absolute atomic E-state index is 0.218. The molecule has 0 amide bonds. The Morgan fingerprint density at radius 1 is 1.62 bits per heavy atom. The van der Waals surface area contributed by atoms with Crippen molar-refractivity contribution in [3.05, 3.63) is 29.8 Å². The van der Waals surface area contributed by atoms with Gasteiger partial charge in [0.05, 0.1) is 0 Å². The van der Waals surface area contributed by atoms with Crippen LogP contribution in [0.4, 0.5) is 0 Å². The van der Waals surface area contributed by atoms with Crippen molar-refractivity contribution >= 4 is 25.4 Å². The first-order valence-corrected chi connectivity index (χ1v) is 5.23. The summed E-state index contributed by atoms with van der Waals surface area (Å²) >= 11 is -0.218. The van der Waals surface area contributed by atoms with Crippen LogP contribution < -0.4 is 4.46 Å². The predicted octanol–water partition coefficient (Wildman–Crippen LogP) is 0.284. The molecule has 66 valence electrons. The molecule has 4 heteroatoms. The van der Waals surface area contributed by atoms with Gasteiger partial charge in [-0.1, -0.05) is 0 Å². The number of carbonyl (C=O) groups is 1. The monoisotopic (exact) mass is 241 g/mol. The van der Waals surface area contributed by atoms with Gasteiger partial charge in [0.1, 0.15) is 0 Å². The molecule has 13 heavy (non-hydrogen) atoms. The van der Waals surface area contributed by atoms with Gasteiger partial charge in [-0.25, -0.2) is 0 Å². The fourth-order valence-electron chi connectivity index (χ4n) is 0.857. The fourth-order valence-corrected chi connectivity index (χ4v) is 1.78. The summed E-state index contributed by atoms with van der Waals surface area (Å²) in [5.74, 6) is -0.365. The van der Waals surface area contributed by atoms with Crippen LogP contribution >= 0.6 is 0 Å². The topological polar surface area (TPSA) is 50.1 Å². The zero-order valence-electron chi connectivity index (χ0n) is 6.98. The van der Waals surface area contributed by atoms with E-state index in [9.17, 15) is 4.79 Å². The Bertz CT molecular complexity index is 357. The first-order chi connectivity index (χ1) is 6.27. The number of benzene rings is 1. The second-order valence-electron chi connectivity index (χ2n) is 2.21. The first-order valence-electron chi connectivity index (χ1n) is 3.52. The molecule has 0 saturated carbocycles. The van der Waals surface area contributed by atoms with Crippen molar-refractivity contribution in [2.24, 2.45) is 0 Å². The molecule has 0 unspecified atom stereocenters. The van der Waals surface area contributed by atoms with Gasteiger partial charge in [0.15, 0.2) is 0 Å². The number of nitriles is 1. The molecule has 0 atom stereocenters. The van der Waals surface area contributed by atoms with Crippen LogP contribution in [0.5, 0.6) is 0 Å². The number of nitrogens with zero attached hydrogens (tertiary/aromatic N) is 1. The molecule has 0 heterocycles. The standard InChI is InChI=1S/C9H7NO2Se/c1-12-9(11)7-3-2-4-8(5-7)13-6-10/h2-5H,1H3. The van der Waals surface area contributed by atoms with Crippen LogP contribution in [0, 0.1) is 10.2 Å². The third-order valence-electron chi connectivity index (χ3n) is 1.42. The van der Waals surface area contributed by atoms with Crippen molar-refractivity contribution in [3.63, 3.8) is 0 Å². The summed E-state index contributed by atoms with van der Waals surface area (Å²) in [5.41, 5.74) is 0.497. The molecule has 0 bridgehead atoms. The Morgan fingerprint density at radius 2 is 2.38 bits per heavy atom. The molecule has 0 aliphatic carbocycles. The number of hydrogen-bond acceptors (Lipinski definition) is 3. The summed E-state index contributed by atoms with van der Waals surface area (Å²) < 4.78 is 5.44. The third-order valence-corrected chi connectivity index (χ3v) is 2.64.